The molecule has 2 amide bonds. The van der Waals surface area contributed by atoms with Gasteiger partial charge in [-0.15, -0.1) is 0 Å². The van der Waals surface area contributed by atoms with Crippen LogP contribution in [0.3, 0.4) is 0 Å². The summed E-state index contributed by atoms with van der Waals surface area (Å²) in [6, 6.07) is 10.2. The van der Waals surface area contributed by atoms with E-state index in [0.29, 0.717) is 13.0 Å². The van der Waals surface area contributed by atoms with E-state index in [1.165, 1.54) is 24.0 Å². The predicted octanol–water partition coefficient (Wildman–Crippen LogP) is 3.46. The lowest BCUT2D eigenvalue weighted by molar-refractivity contribution is -0.123. The van der Waals surface area contributed by atoms with Gasteiger partial charge < -0.3 is 10.2 Å². The zero-order valence-corrected chi connectivity index (χ0v) is 15.7. The third kappa shape index (κ3) is 5.15. The van der Waals surface area contributed by atoms with Crippen LogP contribution in [0.2, 0.25) is 0 Å². The third-order valence-electron chi connectivity index (χ3n) is 4.24. The van der Waals surface area contributed by atoms with Crippen molar-refractivity contribution in [3.05, 3.63) is 64.5 Å². The fraction of sp³-hybridized carbons (Fsp3) is 0.333. The predicted molar refractivity (Wildman–Crippen MR) is 102 cm³/mol. The molecule has 0 aliphatic carbocycles. The molecule has 0 aliphatic rings. The summed E-state index contributed by atoms with van der Waals surface area (Å²) in [5.41, 5.74) is 4.79. The van der Waals surface area contributed by atoms with Crippen LogP contribution in [0.15, 0.2) is 36.4 Å². The maximum absolute atomic E-state index is 12.9. The molecule has 5 heteroatoms. The van der Waals surface area contributed by atoms with Gasteiger partial charge in [-0.1, -0.05) is 29.8 Å². The largest absolute Gasteiger partial charge is 0.354 e. The van der Waals surface area contributed by atoms with Crippen molar-refractivity contribution in [1.29, 1.82) is 0 Å². The van der Waals surface area contributed by atoms with Crippen LogP contribution in [0, 0.1) is 26.6 Å². The molecule has 0 aliphatic heterocycles. The van der Waals surface area contributed by atoms with Crippen molar-refractivity contribution in [1.82, 2.24) is 5.32 Å². The Kier molecular flexibility index (Phi) is 6.50. The van der Waals surface area contributed by atoms with E-state index in [0.717, 1.165) is 27.9 Å². The molecule has 26 heavy (non-hydrogen) atoms. The molecule has 0 saturated carbocycles. The van der Waals surface area contributed by atoms with Gasteiger partial charge >= 0.3 is 0 Å². The summed E-state index contributed by atoms with van der Waals surface area (Å²) in [6.45, 7) is 7.76. The van der Waals surface area contributed by atoms with Crippen LogP contribution < -0.4 is 10.2 Å². The molecule has 0 fully saturated rings. The summed E-state index contributed by atoms with van der Waals surface area (Å²) in [4.78, 5) is 25.9. The zero-order chi connectivity index (χ0) is 19.3. The maximum atomic E-state index is 12.9. The second-order valence-corrected chi connectivity index (χ2v) is 6.58. The van der Waals surface area contributed by atoms with Gasteiger partial charge in [0.15, 0.2) is 0 Å². The fourth-order valence-corrected chi connectivity index (χ4v) is 3.14. The number of benzene rings is 2. The number of amides is 2. The van der Waals surface area contributed by atoms with Crippen molar-refractivity contribution in [2.45, 2.75) is 34.1 Å². The molecular formula is C21H25FN2O2. The number of nitrogens with one attached hydrogen (secondary N) is 1. The molecule has 0 spiro atoms. The quantitative estimate of drug-likeness (QED) is 0.862. The number of anilines is 1. The second-order valence-electron chi connectivity index (χ2n) is 6.58. The Morgan fingerprint density at radius 2 is 1.62 bits per heavy atom. The van der Waals surface area contributed by atoms with Gasteiger partial charge in [0.2, 0.25) is 11.8 Å². The normalized spacial score (nSPS) is 10.5. The van der Waals surface area contributed by atoms with Crippen LogP contribution in [0.25, 0.3) is 0 Å². The van der Waals surface area contributed by atoms with Crippen molar-refractivity contribution < 1.29 is 14.0 Å². The standard InChI is InChI=1S/C21H25FN2O2/c1-14-11-15(2)21(16(3)12-14)24(17(4)25)13-20(26)23-10-9-18-5-7-19(22)8-6-18/h5-8,11-12H,9-10,13H2,1-4H3,(H,23,26). The van der Waals surface area contributed by atoms with E-state index in [1.54, 1.807) is 12.1 Å². The summed E-state index contributed by atoms with van der Waals surface area (Å²) < 4.78 is 12.9. The molecular weight excluding hydrogens is 331 g/mol. The highest BCUT2D eigenvalue weighted by Crippen LogP contribution is 2.26. The fourth-order valence-electron chi connectivity index (χ4n) is 3.14. The van der Waals surface area contributed by atoms with Crippen molar-refractivity contribution in [3.8, 4) is 0 Å². The molecule has 0 saturated heterocycles. The summed E-state index contributed by atoms with van der Waals surface area (Å²) in [5, 5.41) is 2.82. The minimum absolute atomic E-state index is 0.0243. The monoisotopic (exact) mass is 356 g/mol. The Morgan fingerprint density at radius 1 is 1.04 bits per heavy atom. The summed E-state index contributed by atoms with van der Waals surface area (Å²) in [6.07, 6.45) is 0.606. The minimum atomic E-state index is -0.279. The number of carbonyl (C=O) groups is 2. The Bertz CT molecular complexity index is 777. The van der Waals surface area contributed by atoms with Crippen LogP contribution in [-0.2, 0) is 16.0 Å². The first-order valence-electron chi connectivity index (χ1n) is 8.65. The molecule has 0 heterocycles. The molecule has 1 N–H and O–H groups in total. The van der Waals surface area contributed by atoms with Gasteiger partial charge in [0, 0.05) is 13.5 Å². The lowest BCUT2D eigenvalue weighted by Gasteiger charge is -2.25. The van der Waals surface area contributed by atoms with E-state index in [1.807, 2.05) is 32.9 Å². The van der Waals surface area contributed by atoms with Crippen LogP contribution in [0.4, 0.5) is 10.1 Å². The van der Waals surface area contributed by atoms with Crippen molar-refractivity contribution >= 4 is 17.5 Å². The number of hydrogen-bond acceptors (Lipinski definition) is 2. The number of hydrogen-bond donors (Lipinski definition) is 1. The number of carbonyl (C=O) groups excluding carboxylic acids is 2. The van der Waals surface area contributed by atoms with Gasteiger partial charge in [0.25, 0.3) is 0 Å². The highest BCUT2D eigenvalue weighted by atomic mass is 19.1. The van der Waals surface area contributed by atoms with Crippen LogP contribution in [0.5, 0.6) is 0 Å². The van der Waals surface area contributed by atoms with Gasteiger partial charge in [0.1, 0.15) is 12.4 Å². The first-order chi connectivity index (χ1) is 12.3. The van der Waals surface area contributed by atoms with E-state index in [2.05, 4.69) is 5.32 Å². The average molecular weight is 356 g/mol. The Morgan fingerprint density at radius 3 is 2.15 bits per heavy atom. The van der Waals surface area contributed by atoms with Gasteiger partial charge in [0.05, 0.1) is 5.69 Å². The number of nitrogens with zero attached hydrogens (tertiary/aromatic N) is 1. The second kappa shape index (κ2) is 8.61. The molecule has 0 aromatic heterocycles. The Balaban J connectivity index is 2.00. The van der Waals surface area contributed by atoms with Gasteiger partial charge in [-0.05, 0) is 56.0 Å². The van der Waals surface area contributed by atoms with Crippen molar-refractivity contribution in [2.75, 3.05) is 18.0 Å². The summed E-state index contributed by atoms with van der Waals surface area (Å²) in [7, 11) is 0. The first-order valence-corrected chi connectivity index (χ1v) is 8.65. The molecule has 0 atom stereocenters. The van der Waals surface area contributed by atoms with E-state index >= 15 is 0 Å². The van der Waals surface area contributed by atoms with Crippen LogP contribution in [0.1, 0.15) is 29.2 Å². The summed E-state index contributed by atoms with van der Waals surface area (Å²) >= 11 is 0. The van der Waals surface area contributed by atoms with E-state index in [4.69, 9.17) is 0 Å². The Labute approximate surface area is 154 Å². The number of aryl methyl sites for hydroxylation is 3. The van der Waals surface area contributed by atoms with Crippen LogP contribution in [-0.4, -0.2) is 24.9 Å². The van der Waals surface area contributed by atoms with E-state index in [9.17, 15) is 14.0 Å². The molecule has 2 aromatic carbocycles. The molecule has 2 aromatic rings. The van der Waals surface area contributed by atoms with Gasteiger partial charge in [-0.3, -0.25) is 9.59 Å². The molecule has 2 rings (SSSR count). The Hall–Kier alpha value is -2.69. The van der Waals surface area contributed by atoms with Crippen molar-refractivity contribution in [3.63, 3.8) is 0 Å². The average Bonchev–Trinajstić information content (AvgIpc) is 2.54. The molecule has 0 bridgehead atoms. The van der Waals surface area contributed by atoms with Gasteiger partial charge in [-0.25, -0.2) is 4.39 Å². The number of rotatable bonds is 6. The van der Waals surface area contributed by atoms with E-state index < -0.39 is 0 Å². The zero-order valence-electron chi connectivity index (χ0n) is 15.7. The van der Waals surface area contributed by atoms with E-state index in [-0.39, 0.29) is 24.2 Å². The minimum Gasteiger partial charge on any atom is -0.354 e. The molecule has 0 unspecified atom stereocenters. The first kappa shape index (κ1) is 19.6. The third-order valence-corrected chi connectivity index (χ3v) is 4.24. The maximum Gasteiger partial charge on any atom is 0.240 e. The van der Waals surface area contributed by atoms with Crippen molar-refractivity contribution in [2.24, 2.45) is 0 Å². The highest BCUT2D eigenvalue weighted by molar-refractivity contribution is 5.98. The molecule has 138 valence electrons. The highest BCUT2D eigenvalue weighted by Gasteiger charge is 2.19. The SMILES string of the molecule is CC(=O)N(CC(=O)NCCc1ccc(F)cc1)c1c(C)cc(C)cc1C. The lowest BCUT2D eigenvalue weighted by Crippen LogP contribution is -2.41. The van der Waals surface area contributed by atoms with Crippen LogP contribution >= 0.6 is 0 Å². The smallest absolute Gasteiger partial charge is 0.240 e. The lowest BCUT2D eigenvalue weighted by atomic mass is 10.0. The topological polar surface area (TPSA) is 49.4 Å². The van der Waals surface area contributed by atoms with Gasteiger partial charge in [-0.2, -0.15) is 0 Å². The molecule has 0 radical (unpaired) electrons. The number of halogens is 1. The molecule has 4 nitrogen and oxygen atoms in total. The summed E-state index contributed by atoms with van der Waals surface area (Å²) in [5.74, 6) is -0.672.